The molecule has 0 spiro atoms. The molecule has 0 aromatic heterocycles. The SMILES string of the molecule is CC1C[C@H](C(=O)O)N(Cc2ccccc2)[C@]1(C)C(=O)O. The summed E-state index contributed by atoms with van der Waals surface area (Å²) in [4.78, 5) is 24.7. The van der Waals surface area contributed by atoms with Gasteiger partial charge in [0.1, 0.15) is 11.6 Å². The summed E-state index contributed by atoms with van der Waals surface area (Å²) in [6.45, 7) is 3.74. The fraction of sp³-hybridized carbons (Fsp3) is 0.467. The minimum absolute atomic E-state index is 0.218. The van der Waals surface area contributed by atoms with E-state index < -0.39 is 23.5 Å². The van der Waals surface area contributed by atoms with Gasteiger partial charge >= 0.3 is 11.9 Å². The van der Waals surface area contributed by atoms with E-state index in [2.05, 4.69) is 0 Å². The van der Waals surface area contributed by atoms with Crippen LogP contribution in [0.4, 0.5) is 0 Å². The Morgan fingerprint density at radius 3 is 2.40 bits per heavy atom. The summed E-state index contributed by atoms with van der Waals surface area (Å²) in [7, 11) is 0. The molecule has 1 aromatic rings. The molecule has 1 unspecified atom stereocenters. The van der Waals surface area contributed by atoms with Gasteiger partial charge in [0.05, 0.1) is 0 Å². The molecule has 0 bridgehead atoms. The van der Waals surface area contributed by atoms with Gasteiger partial charge in [-0.25, -0.2) is 0 Å². The van der Waals surface area contributed by atoms with Crippen molar-refractivity contribution in [3.05, 3.63) is 35.9 Å². The number of likely N-dealkylation sites (tertiary alicyclic amines) is 1. The lowest BCUT2D eigenvalue weighted by Crippen LogP contribution is -2.54. The lowest BCUT2D eigenvalue weighted by molar-refractivity contribution is -0.155. The fourth-order valence-electron chi connectivity index (χ4n) is 2.92. The maximum atomic E-state index is 11.7. The second-order valence-corrected chi connectivity index (χ2v) is 5.56. The van der Waals surface area contributed by atoms with E-state index >= 15 is 0 Å². The van der Waals surface area contributed by atoms with Gasteiger partial charge in [-0.2, -0.15) is 0 Å². The molecule has 0 saturated carbocycles. The van der Waals surface area contributed by atoms with Gasteiger partial charge in [-0.3, -0.25) is 14.5 Å². The minimum atomic E-state index is -1.15. The topological polar surface area (TPSA) is 77.8 Å². The van der Waals surface area contributed by atoms with E-state index in [0.717, 1.165) is 5.56 Å². The van der Waals surface area contributed by atoms with Crippen LogP contribution in [0.3, 0.4) is 0 Å². The monoisotopic (exact) mass is 277 g/mol. The van der Waals surface area contributed by atoms with Gasteiger partial charge in [0.25, 0.3) is 0 Å². The standard InChI is InChI=1S/C15H19NO4/c1-10-8-12(13(17)18)16(15(10,2)14(19)20)9-11-6-4-3-5-7-11/h3-7,10,12H,8-9H2,1-2H3,(H,17,18)(H,19,20)/t10?,12-,15+/m1/s1. The molecule has 1 saturated heterocycles. The number of carboxylic acids is 2. The Morgan fingerprint density at radius 2 is 1.90 bits per heavy atom. The van der Waals surface area contributed by atoms with Crippen molar-refractivity contribution in [3.8, 4) is 0 Å². The molecule has 2 rings (SSSR count). The number of aliphatic carboxylic acids is 2. The third-order valence-electron chi connectivity index (χ3n) is 4.42. The van der Waals surface area contributed by atoms with E-state index in [1.807, 2.05) is 30.3 Å². The zero-order chi connectivity index (χ0) is 14.9. The predicted octanol–water partition coefficient (Wildman–Crippen LogP) is 1.82. The summed E-state index contributed by atoms with van der Waals surface area (Å²) in [5.74, 6) is -2.15. The highest BCUT2D eigenvalue weighted by Gasteiger charge is 2.55. The van der Waals surface area contributed by atoms with Gasteiger partial charge in [-0.05, 0) is 24.8 Å². The lowest BCUT2D eigenvalue weighted by atomic mass is 9.88. The van der Waals surface area contributed by atoms with E-state index in [-0.39, 0.29) is 5.92 Å². The first-order valence-electron chi connectivity index (χ1n) is 6.64. The first-order chi connectivity index (χ1) is 9.37. The number of carbonyl (C=O) groups is 2. The molecule has 108 valence electrons. The molecule has 2 N–H and O–H groups in total. The van der Waals surface area contributed by atoms with Crippen LogP contribution in [0.25, 0.3) is 0 Å². The Balaban J connectivity index is 2.37. The first kappa shape index (κ1) is 14.5. The van der Waals surface area contributed by atoms with Crippen molar-refractivity contribution in [2.45, 2.75) is 38.4 Å². The third-order valence-corrected chi connectivity index (χ3v) is 4.42. The summed E-state index contributed by atoms with van der Waals surface area (Å²) in [6, 6.07) is 8.60. The number of rotatable bonds is 4. The maximum absolute atomic E-state index is 11.7. The number of hydrogen-bond donors (Lipinski definition) is 2. The van der Waals surface area contributed by atoms with E-state index in [4.69, 9.17) is 0 Å². The first-order valence-corrected chi connectivity index (χ1v) is 6.64. The van der Waals surface area contributed by atoms with Crippen molar-refractivity contribution in [3.63, 3.8) is 0 Å². The smallest absolute Gasteiger partial charge is 0.324 e. The Morgan fingerprint density at radius 1 is 1.30 bits per heavy atom. The van der Waals surface area contributed by atoms with Crippen LogP contribution in [-0.4, -0.2) is 38.6 Å². The molecule has 5 heteroatoms. The summed E-state index contributed by atoms with van der Waals surface area (Å²) >= 11 is 0. The van der Waals surface area contributed by atoms with Gasteiger partial charge < -0.3 is 10.2 Å². The van der Waals surface area contributed by atoms with Crippen LogP contribution in [0, 0.1) is 5.92 Å². The minimum Gasteiger partial charge on any atom is -0.480 e. The average Bonchev–Trinajstić information content (AvgIpc) is 2.66. The van der Waals surface area contributed by atoms with Crippen molar-refractivity contribution < 1.29 is 19.8 Å². The zero-order valence-electron chi connectivity index (χ0n) is 11.6. The number of carboxylic acid groups (broad SMARTS) is 2. The van der Waals surface area contributed by atoms with Gasteiger partial charge in [0.15, 0.2) is 0 Å². The summed E-state index contributed by atoms with van der Waals surface area (Å²) in [5, 5.41) is 18.9. The summed E-state index contributed by atoms with van der Waals surface area (Å²) < 4.78 is 0. The molecular weight excluding hydrogens is 258 g/mol. The van der Waals surface area contributed by atoms with Crippen LogP contribution in [0.2, 0.25) is 0 Å². The quantitative estimate of drug-likeness (QED) is 0.877. The molecule has 3 atom stereocenters. The molecule has 1 aliphatic rings. The number of nitrogens with zero attached hydrogens (tertiary/aromatic N) is 1. The van der Waals surface area contributed by atoms with E-state index in [1.165, 1.54) is 0 Å². The van der Waals surface area contributed by atoms with Crippen LogP contribution in [-0.2, 0) is 16.1 Å². The Labute approximate surface area is 117 Å². The van der Waals surface area contributed by atoms with Gasteiger partial charge in [-0.15, -0.1) is 0 Å². The predicted molar refractivity (Wildman–Crippen MR) is 73.2 cm³/mol. The van der Waals surface area contributed by atoms with Crippen LogP contribution >= 0.6 is 0 Å². The zero-order valence-corrected chi connectivity index (χ0v) is 11.6. The molecule has 0 amide bonds. The lowest BCUT2D eigenvalue weighted by Gasteiger charge is -2.35. The van der Waals surface area contributed by atoms with Crippen LogP contribution < -0.4 is 0 Å². The van der Waals surface area contributed by atoms with Crippen LogP contribution in [0.5, 0.6) is 0 Å². The molecule has 1 heterocycles. The molecule has 0 aliphatic carbocycles. The maximum Gasteiger partial charge on any atom is 0.324 e. The normalized spacial score (nSPS) is 30.3. The fourth-order valence-corrected chi connectivity index (χ4v) is 2.92. The van der Waals surface area contributed by atoms with E-state index in [9.17, 15) is 19.8 Å². The van der Waals surface area contributed by atoms with Gasteiger partial charge in [0.2, 0.25) is 0 Å². The molecule has 0 radical (unpaired) electrons. The average molecular weight is 277 g/mol. The Hall–Kier alpha value is -1.88. The summed E-state index contributed by atoms with van der Waals surface area (Å²) in [6.07, 6.45) is 0.352. The second-order valence-electron chi connectivity index (χ2n) is 5.56. The van der Waals surface area contributed by atoms with Crippen LogP contribution in [0.1, 0.15) is 25.8 Å². The van der Waals surface area contributed by atoms with E-state index in [0.29, 0.717) is 13.0 Å². The van der Waals surface area contributed by atoms with Crippen molar-refractivity contribution in [2.24, 2.45) is 5.92 Å². The highest BCUT2D eigenvalue weighted by molar-refractivity contribution is 5.83. The Kier molecular flexibility index (Phi) is 3.81. The van der Waals surface area contributed by atoms with Crippen molar-refractivity contribution in [1.29, 1.82) is 0 Å². The molecule has 1 fully saturated rings. The highest BCUT2D eigenvalue weighted by atomic mass is 16.4. The van der Waals surface area contributed by atoms with Crippen molar-refractivity contribution in [1.82, 2.24) is 4.90 Å². The third kappa shape index (κ3) is 2.29. The molecule has 1 aliphatic heterocycles. The van der Waals surface area contributed by atoms with Crippen molar-refractivity contribution >= 4 is 11.9 Å². The number of benzene rings is 1. The molecule has 5 nitrogen and oxygen atoms in total. The molecular formula is C15H19NO4. The van der Waals surface area contributed by atoms with Gasteiger partial charge in [0, 0.05) is 6.54 Å². The largest absolute Gasteiger partial charge is 0.480 e. The second kappa shape index (κ2) is 5.25. The highest BCUT2D eigenvalue weighted by Crippen LogP contribution is 2.40. The van der Waals surface area contributed by atoms with Gasteiger partial charge in [-0.1, -0.05) is 37.3 Å². The van der Waals surface area contributed by atoms with E-state index in [1.54, 1.807) is 18.7 Å². The Bertz CT molecular complexity index is 516. The molecule has 20 heavy (non-hydrogen) atoms. The van der Waals surface area contributed by atoms with Crippen LogP contribution in [0.15, 0.2) is 30.3 Å². The van der Waals surface area contributed by atoms with Crippen molar-refractivity contribution in [2.75, 3.05) is 0 Å². The number of hydrogen-bond acceptors (Lipinski definition) is 3. The molecule has 1 aromatic carbocycles. The summed E-state index contributed by atoms with van der Waals surface area (Å²) in [5.41, 5.74) is -0.237.